The van der Waals surface area contributed by atoms with Gasteiger partial charge in [0.25, 0.3) is 0 Å². The zero-order valence-electron chi connectivity index (χ0n) is 12.2. The second-order valence-electron chi connectivity index (χ2n) is 4.94. The SMILES string of the molecule is CCCNCc1cc(Br)ccc1Oc1cc(F)ccc1C. The van der Waals surface area contributed by atoms with Gasteiger partial charge < -0.3 is 10.1 Å². The number of aryl methyl sites for hydroxylation is 1. The first kappa shape index (κ1) is 16.0. The molecule has 21 heavy (non-hydrogen) atoms. The van der Waals surface area contributed by atoms with Crippen molar-refractivity contribution in [3.8, 4) is 11.5 Å². The molecule has 0 aliphatic heterocycles. The van der Waals surface area contributed by atoms with Crippen molar-refractivity contribution in [2.45, 2.75) is 26.8 Å². The first-order valence-electron chi connectivity index (χ1n) is 7.03. The first-order chi connectivity index (χ1) is 10.1. The number of hydrogen-bond acceptors (Lipinski definition) is 2. The summed E-state index contributed by atoms with van der Waals surface area (Å²) >= 11 is 3.47. The molecule has 2 aromatic rings. The Morgan fingerprint density at radius 3 is 2.71 bits per heavy atom. The Bertz CT molecular complexity index is 616. The fraction of sp³-hybridized carbons (Fsp3) is 0.294. The van der Waals surface area contributed by atoms with Gasteiger partial charge >= 0.3 is 0 Å². The highest BCUT2D eigenvalue weighted by atomic mass is 79.9. The minimum atomic E-state index is -0.293. The highest BCUT2D eigenvalue weighted by Crippen LogP contribution is 2.30. The molecule has 0 bridgehead atoms. The zero-order valence-corrected chi connectivity index (χ0v) is 13.8. The average Bonchev–Trinajstić information content (AvgIpc) is 2.46. The van der Waals surface area contributed by atoms with Gasteiger partial charge in [0.15, 0.2) is 0 Å². The third-order valence-electron chi connectivity index (χ3n) is 3.13. The quantitative estimate of drug-likeness (QED) is 0.723. The van der Waals surface area contributed by atoms with Crippen LogP contribution in [0.3, 0.4) is 0 Å². The van der Waals surface area contributed by atoms with Gasteiger partial charge in [-0.3, -0.25) is 0 Å². The predicted octanol–water partition coefficient (Wildman–Crippen LogP) is 5.19. The summed E-state index contributed by atoms with van der Waals surface area (Å²) in [7, 11) is 0. The maximum atomic E-state index is 13.4. The van der Waals surface area contributed by atoms with Crippen molar-refractivity contribution in [1.82, 2.24) is 5.32 Å². The molecule has 2 aromatic carbocycles. The van der Waals surface area contributed by atoms with Gasteiger partial charge in [0.2, 0.25) is 0 Å². The Morgan fingerprint density at radius 1 is 1.14 bits per heavy atom. The number of rotatable bonds is 6. The molecule has 0 saturated heterocycles. The van der Waals surface area contributed by atoms with E-state index in [0.29, 0.717) is 5.75 Å². The Balaban J connectivity index is 2.24. The lowest BCUT2D eigenvalue weighted by molar-refractivity contribution is 0.464. The lowest BCUT2D eigenvalue weighted by atomic mass is 10.2. The number of hydrogen-bond donors (Lipinski definition) is 1. The molecule has 0 unspecified atom stereocenters. The van der Waals surface area contributed by atoms with Crippen molar-refractivity contribution in [2.24, 2.45) is 0 Å². The van der Waals surface area contributed by atoms with Crippen LogP contribution in [0.25, 0.3) is 0 Å². The molecule has 0 aliphatic rings. The van der Waals surface area contributed by atoms with Gasteiger partial charge in [-0.1, -0.05) is 28.9 Å². The average molecular weight is 352 g/mol. The molecule has 0 aliphatic carbocycles. The van der Waals surface area contributed by atoms with Gasteiger partial charge in [-0.05, 0) is 49.7 Å². The molecule has 0 heterocycles. The summed E-state index contributed by atoms with van der Waals surface area (Å²) in [4.78, 5) is 0. The van der Waals surface area contributed by atoms with E-state index in [-0.39, 0.29) is 5.82 Å². The van der Waals surface area contributed by atoms with Crippen LogP contribution in [0.1, 0.15) is 24.5 Å². The summed E-state index contributed by atoms with van der Waals surface area (Å²) in [5.74, 6) is 1.00. The molecule has 1 N–H and O–H groups in total. The van der Waals surface area contributed by atoms with E-state index in [1.54, 1.807) is 6.07 Å². The van der Waals surface area contributed by atoms with Crippen LogP contribution in [-0.2, 0) is 6.54 Å². The molecule has 2 nitrogen and oxygen atoms in total. The van der Waals surface area contributed by atoms with Gasteiger partial charge in [0.05, 0.1) is 0 Å². The molecule has 2 rings (SSSR count). The topological polar surface area (TPSA) is 21.3 Å². The van der Waals surface area contributed by atoms with Crippen LogP contribution in [0.4, 0.5) is 4.39 Å². The normalized spacial score (nSPS) is 10.7. The van der Waals surface area contributed by atoms with Crippen LogP contribution in [0.5, 0.6) is 11.5 Å². The Morgan fingerprint density at radius 2 is 1.95 bits per heavy atom. The summed E-state index contributed by atoms with van der Waals surface area (Å²) < 4.78 is 20.3. The van der Waals surface area contributed by atoms with E-state index in [0.717, 1.165) is 40.9 Å². The second-order valence-corrected chi connectivity index (χ2v) is 5.86. The first-order valence-corrected chi connectivity index (χ1v) is 7.82. The smallest absolute Gasteiger partial charge is 0.133 e. The molecule has 0 radical (unpaired) electrons. The molecule has 0 amide bonds. The van der Waals surface area contributed by atoms with Crippen molar-refractivity contribution < 1.29 is 9.13 Å². The van der Waals surface area contributed by atoms with Crippen molar-refractivity contribution in [3.63, 3.8) is 0 Å². The monoisotopic (exact) mass is 351 g/mol. The summed E-state index contributed by atoms with van der Waals surface area (Å²) in [6.45, 7) is 5.70. The molecular weight excluding hydrogens is 333 g/mol. The molecule has 0 atom stereocenters. The number of ether oxygens (including phenoxy) is 1. The Labute approximate surface area is 133 Å². The highest BCUT2D eigenvalue weighted by Gasteiger charge is 2.08. The summed E-state index contributed by atoms with van der Waals surface area (Å²) in [6, 6.07) is 10.4. The van der Waals surface area contributed by atoms with Gasteiger partial charge in [-0.25, -0.2) is 4.39 Å². The molecule has 112 valence electrons. The van der Waals surface area contributed by atoms with Crippen LogP contribution >= 0.6 is 15.9 Å². The van der Waals surface area contributed by atoms with Crippen LogP contribution in [-0.4, -0.2) is 6.54 Å². The fourth-order valence-corrected chi connectivity index (χ4v) is 2.40. The number of halogens is 2. The van der Waals surface area contributed by atoms with Gasteiger partial charge in [0.1, 0.15) is 17.3 Å². The predicted molar refractivity (Wildman–Crippen MR) is 87.4 cm³/mol. The van der Waals surface area contributed by atoms with E-state index in [9.17, 15) is 4.39 Å². The summed E-state index contributed by atoms with van der Waals surface area (Å²) in [6.07, 6.45) is 1.08. The van der Waals surface area contributed by atoms with Crippen molar-refractivity contribution in [2.75, 3.05) is 6.54 Å². The lowest BCUT2D eigenvalue weighted by Gasteiger charge is -2.14. The minimum absolute atomic E-state index is 0.293. The third kappa shape index (κ3) is 4.55. The van der Waals surface area contributed by atoms with Crippen molar-refractivity contribution in [1.29, 1.82) is 0 Å². The standard InChI is InChI=1S/C17H19BrFNO/c1-3-8-20-11-13-9-14(18)5-7-16(13)21-17-10-15(19)6-4-12(17)2/h4-7,9-10,20H,3,8,11H2,1-2H3. The molecule has 0 aromatic heterocycles. The third-order valence-corrected chi connectivity index (χ3v) is 3.63. The molecular formula is C17H19BrFNO. The van der Waals surface area contributed by atoms with E-state index in [1.165, 1.54) is 12.1 Å². The lowest BCUT2D eigenvalue weighted by Crippen LogP contribution is -2.14. The molecule has 0 spiro atoms. The second kappa shape index (κ2) is 7.57. The van der Waals surface area contributed by atoms with E-state index in [4.69, 9.17) is 4.74 Å². The summed E-state index contributed by atoms with van der Waals surface area (Å²) in [5, 5.41) is 3.36. The molecule has 0 saturated carbocycles. The van der Waals surface area contributed by atoms with Crippen molar-refractivity contribution >= 4 is 15.9 Å². The van der Waals surface area contributed by atoms with Gasteiger partial charge in [-0.15, -0.1) is 0 Å². The Kier molecular flexibility index (Phi) is 5.76. The molecule has 0 fully saturated rings. The fourth-order valence-electron chi connectivity index (χ4n) is 1.99. The maximum absolute atomic E-state index is 13.4. The van der Waals surface area contributed by atoms with E-state index in [1.807, 2.05) is 25.1 Å². The van der Waals surface area contributed by atoms with E-state index in [2.05, 4.69) is 28.2 Å². The van der Waals surface area contributed by atoms with Crippen LogP contribution < -0.4 is 10.1 Å². The van der Waals surface area contributed by atoms with Crippen molar-refractivity contribution in [3.05, 3.63) is 57.8 Å². The molecule has 4 heteroatoms. The number of benzene rings is 2. The van der Waals surface area contributed by atoms with Gasteiger partial charge in [0, 0.05) is 22.6 Å². The van der Waals surface area contributed by atoms with Crippen LogP contribution in [0.2, 0.25) is 0 Å². The van der Waals surface area contributed by atoms with Crippen LogP contribution in [0, 0.1) is 12.7 Å². The minimum Gasteiger partial charge on any atom is -0.457 e. The summed E-state index contributed by atoms with van der Waals surface area (Å²) in [5.41, 5.74) is 1.95. The maximum Gasteiger partial charge on any atom is 0.133 e. The van der Waals surface area contributed by atoms with Gasteiger partial charge in [-0.2, -0.15) is 0 Å². The largest absolute Gasteiger partial charge is 0.457 e. The highest BCUT2D eigenvalue weighted by molar-refractivity contribution is 9.10. The number of nitrogens with one attached hydrogen (secondary N) is 1. The van der Waals surface area contributed by atoms with E-state index < -0.39 is 0 Å². The Hall–Kier alpha value is -1.39. The van der Waals surface area contributed by atoms with E-state index >= 15 is 0 Å². The zero-order chi connectivity index (χ0) is 15.2. The van der Waals surface area contributed by atoms with Crippen LogP contribution in [0.15, 0.2) is 40.9 Å².